The van der Waals surface area contributed by atoms with Gasteiger partial charge in [-0.05, 0) is 52.0 Å². The molecule has 0 aromatic heterocycles. The molecule has 0 aromatic carbocycles. The van der Waals surface area contributed by atoms with Crippen LogP contribution in [0.2, 0.25) is 0 Å². The maximum absolute atomic E-state index is 12.4. The highest BCUT2D eigenvalue weighted by Gasteiger charge is 2.51. The first kappa shape index (κ1) is 15.5. The van der Waals surface area contributed by atoms with Crippen molar-refractivity contribution >= 4 is 11.8 Å². The molecule has 1 N–H and O–H groups in total. The topological polar surface area (TPSA) is 49.4 Å². The van der Waals surface area contributed by atoms with Crippen LogP contribution in [0.5, 0.6) is 0 Å². The number of fused-ring (bicyclic) bond motifs is 1. The van der Waals surface area contributed by atoms with E-state index in [9.17, 15) is 9.59 Å². The number of carbonyl (C=O) groups excluding carboxylic acids is 2. The number of likely N-dealkylation sites (tertiary alicyclic amines) is 1. The van der Waals surface area contributed by atoms with Crippen molar-refractivity contribution in [1.29, 1.82) is 0 Å². The van der Waals surface area contributed by atoms with Crippen LogP contribution in [-0.2, 0) is 9.59 Å². The van der Waals surface area contributed by atoms with Crippen LogP contribution in [0.1, 0.15) is 47.5 Å². The van der Waals surface area contributed by atoms with Crippen molar-refractivity contribution in [2.45, 2.75) is 53.0 Å². The molecule has 114 valence electrons. The Bertz CT molecular complexity index is 376. The van der Waals surface area contributed by atoms with Crippen LogP contribution in [0.3, 0.4) is 0 Å². The van der Waals surface area contributed by atoms with Crippen LogP contribution >= 0.6 is 0 Å². The molecule has 20 heavy (non-hydrogen) atoms. The van der Waals surface area contributed by atoms with Gasteiger partial charge in [0, 0.05) is 12.1 Å². The third kappa shape index (κ3) is 3.22. The summed E-state index contributed by atoms with van der Waals surface area (Å²) in [7, 11) is 0. The Morgan fingerprint density at radius 3 is 2.15 bits per heavy atom. The molecule has 0 radical (unpaired) electrons. The van der Waals surface area contributed by atoms with Gasteiger partial charge in [-0.25, -0.2) is 0 Å². The number of rotatable bonds is 4. The quantitative estimate of drug-likeness (QED) is 0.802. The van der Waals surface area contributed by atoms with Gasteiger partial charge in [0.1, 0.15) is 0 Å². The fourth-order valence-electron chi connectivity index (χ4n) is 3.38. The Labute approximate surface area is 122 Å². The summed E-state index contributed by atoms with van der Waals surface area (Å²) in [5, 5.41) is 3.43. The second-order valence-corrected chi connectivity index (χ2v) is 7.81. The highest BCUT2D eigenvalue weighted by Crippen LogP contribution is 2.42. The van der Waals surface area contributed by atoms with Gasteiger partial charge < -0.3 is 5.32 Å². The Balaban J connectivity index is 1.91. The molecule has 3 atom stereocenters. The molecule has 0 aromatic rings. The fraction of sp³-hybridized carbons (Fsp3) is 0.875. The molecule has 1 heterocycles. The van der Waals surface area contributed by atoms with E-state index in [0.717, 1.165) is 19.4 Å². The van der Waals surface area contributed by atoms with Crippen molar-refractivity contribution in [1.82, 2.24) is 10.2 Å². The lowest BCUT2D eigenvalue weighted by molar-refractivity contribution is -0.141. The lowest BCUT2D eigenvalue weighted by Crippen LogP contribution is -2.43. The van der Waals surface area contributed by atoms with Gasteiger partial charge in [0.2, 0.25) is 11.8 Å². The van der Waals surface area contributed by atoms with E-state index in [2.05, 4.69) is 39.9 Å². The molecular formula is C16H28N2O2. The minimum Gasteiger partial charge on any atom is -0.312 e. The number of nitrogens with one attached hydrogen (secondary N) is 1. The zero-order valence-electron chi connectivity index (χ0n) is 13.4. The standard InChI is InChI=1S/C16H28N2O2/c1-10-6-12-13(7-10)15(20)18(14(12)19)9-11(2)8-17-16(3,4)5/h10-13,17H,6-9H2,1-5H3. The average Bonchev–Trinajstić information content (AvgIpc) is 2.80. The van der Waals surface area contributed by atoms with E-state index in [1.165, 1.54) is 4.90 Å². The maximum Gasteiger partial charge on any atom is 0.233 e. The number of amides is 2. The highest BCUT2D eigenvalue weighted by molar-refractivity contribution is 6.05. The van der Waals surface area contributed by atoms with Crippen LogP contribution < -0.4 is 5.32 Å². The first-order valence-electron chi connectivity index (χ1n) is 7.79. The van der Waals surface area contributed by atoms with Crippen molar-refractivity contribution in [3.05, 3.63) is 0 Å². The van der Waals surface area contributed by atoms with E-state index in [4.69, 9.17) is 0 Å². The Hall–Kier alpha value is -0.900. The molecule has 0 bridgehead atoms. The van der Waals surface area contributed by atoms with Gasteiger partial charge in [-0.15, -0.1) is 0 Å². The van der Waals surface area contributed by atoms with Gasteiger partial charge in [-0.3, -0.25) is 14.5 Å². The summed E-state index contributed by atoms with van der Waals surface area (Å²) in [5.74, 6) is 0.901. The molecule has 1 aliphatic carbocycles. The molecule has 4 heteroatoms. The van der Waals surface area contributed by atoms with E-state index in [1.807, 2.05) is 0 Å². The number of carbonyl (C=O) groups is 2. The van der Waals surface area contributed by atoms with E-state index < -0.39 is 0 Å². The zero-order valence-corrected chi connectivity index (χ0v) is 13.4. The van der Waals surface area contributed by atoms with Crippen LogP contribution in [0, 0.1) is 23.7 Å². The highest BCUT2D eigenvalue weighted by atomic mass is 16.2. The van der Waals surface area contributed by atoms with Crippen molar-refractivity contribution in [2.75, 3.05) is 13.1 Å². The minimum atomic E-state index is -0.0275. The largest absolute Gasteiger partial charge is 0.312 e. The molecule has 4 nitrogen and oxygen atoms in total. The smallest absolute Gasteiger partial charge is 0.233 e. The SMILES string of the molecule is CC1CC2C(=O)N(CC(C)CNC(C)(C)C)C(=O)C2C1. The number of hydrogen-bond donors (Lipinski definition) is 1. The third-order valence-electron chi connectivity index (χ3n) is 4.44. The number of nitrogens with zero attached hydrogens (tertiary/aromatic N) is 1. The molecule has 2 rings (SSSR count). The first-order valence-corrected chi connectivity index (χ1v) is 7.79. The molecule has 2 fully saturated rings. The lowest BCUT2D eigenvalue weighted by atomic mass is 10.00. The predicted octanol–water partition coefficient (Wildman–Crippen LogP) is 2.04. The van der Waals surface area contributed by atoms with Gasteiger partial charge >= 0.3 is 0 Å². The van der Waals surface area contributed by atoms with Gasteiger partial charge in [0.15, 0.2) is 0 Å². The first-order chi connectivity index (χ1) is 9.19. The third-order valence-corrected chi connectivity index (χ3v) is 4.44. The van der Waals surface area contributed by atoms with Crippen LogP contribution in [0.25, 0.3) is 0 Å². The molecule has 0 spiro atoms. The summed E-state index contributed by atoms with van der Waals surface area (Å²) in [4.78, 5) is 26.3. The second-order valence-electron chi connectivity index (χ2n) is 7.81. The average molecular weight is 280 g/mol. The molecule has 1 saturated carbocycles. The molecule has 1 aliphatic heterocycles. The van der Waals surface area contributed by atoms with Crippen LogP contribution in [-0.4, -0.2) is 35.3 Å². The summed E-state index contributed by atoms with van der Waals surface area (Å²) in [5.41, 5.74) is 0.0687. The Morgan fingerprint density at radius 2 is 1.70 bits per heavy atom. The van der Waals surface area contributed by atoms with Gasteiger partial charge in [-0.1, -0.05) is 13.8 Å². The van der Waals surface area contributed by atoms with Crippen LogP contribution in [0.4, 0.5) is 0 Å². The number of imide groups is 1. The van der Waals surface area contributed by atoms with Gasteiger partial charge in [0.25, 0.3) is 0 Å². The van der Waals surface area contributed by atoms with Crippen molar-refractivity contribution in [2.24, 2.45) is 23.7 Å². The summed E-state index contributed by atoms with van der Waals surface area (Å²) in [6.45, 7) is 12.0. The molecule has 3 unspecified atom stereocenters. The minimum absolute atomic E-state index is 0.0275. The van der Waals surface area contributed by atoms with Crippen molar-refractivity contribution < 1.29 is 9.59 Å². The van der Waals surface area contributed by atoms with E-state index in [-0.39, 0.29) is 29.2 Å². The predicted molar refractivity (Wildman–Crippen MR) is 79.0 cm³/mol. The normalized spacial score (nSPS) is 31.9. The molecular weight excluding hydrogens is 252 g/mol. The Morgan fingerprint density at radius 1 is 1.20 bits per heavy atom. The van der Waals surface area contributed by atoms with E-state index in [0.29, 0.717) is 18.4 Å². The van der Waals surface area contributed by atoms with E-state index in [1.54, 1.807) is 0 Å². The Kier molecular flexibility index (Phi) is 4.24. The van der Waals surface area contributed by atoms with Crippen molar-refractivity contribution in [3.63, 3.8) is 0 Å². The lowest BCUT2D eigenvalue weighted by Gasteiger charge is -2.26. The monoisotopic (exact) mass is 280 g/mol. The van der Waals surface area contributed by atoms with Gasteiger partial charge in [-0.2, -0.15) is 0 Å². The second kappa shape index (κ2) is 5.47. The zero-order chi connectivity index (χ0) is 15.1. The van der Waals surface area contributed by atoms with Crippen LogP contribution in [0.15, 0.2) is 0 Å². The van der Waals surface area contributed by atoms with E-state index >= 15 is 0 Å². The number of hydrogen-bond acceptors (Lipinski definition) is 3. The molecule has 2 amide bonds. The molecule has 1 saturated heterocycles. The summed E-state index contributed by atoms with van der Waals surface area (Å²) >= 11 is 0. The fourth-order valence-corrected chi connectivity index (χ4v) is 3.38. The summed E-state index contributed by atoms with van der Waals surface area (Å²) in [6, 6.07) is 0. The summed E-state index contributed by atoms with van der Waals surface area (Å²) < 4.78 is 0. The molecule has 2 aliphatic rings. The maximum atomic E-state index is 12.4. The summed E-state index contributed by atoms with van der Waals surface area (Å²) in [6.07, 6.45) is 1.78. The van der Waals surface area contributed by atoms with Gasteiger partial charge in [0.05, 0.1) is 11.8 Å². The van der Waals surface area contributed by atoms with Crippen molar-refractivity contribution in [3.8, 4) is 0 Å².